The summed E-state index contributed by atoms with van der Waals surface area (Å²) in [6.07, 6.45) is 0. The van der Waals surface area contributed by atoms with Crippen molar-refractivity contribution in [1.82, 2.24) is 14.8 Å². The molecule has 27 heavy (non-hydrogen) atoms. The molecule has 0 N–H and O–H groups in total. The number of para-hydroxylation sites is 1. The van der Waals surface area contributed by atoms with Gasteiger partial charge in [-0.2, -0.15) is 0 Å². The van der Waals surface area contributed by atoms with E-state index in [1.54, 1.807) is 11.8 Å². The van der Waals surface area contributed by atoms with Gasteiger partial charge in [0.15, 0.2) is 11.0 Å². The average molecular weight is 397 g/mol. The smallest absolute Gasteiger partial charge is 0.237 e. The molecule has 0 radical (unpaired) electrons. The first-order valence-electron chi connectivity index (χ1n) is 8.75. The van der Waals surface area contributed by atoms with Crippen LogP contribution in [0.5, 0.6) is 0 Å². The lowest BCUT2D eigenvalue weighted by Gasteiger charge is -2.28. The summed E-state index contributed by atoms with van der Waals surface area (Å²) in [5.74, 6) is 2.19. The van der Waals surface area contributed by atoms with Gasteiger partial charge in [0.05, 0.1) is 11.4 Å². The maximum absolute atomic E-state index is 12.8. The molecule has 3 aromatic rings. The number of carbonyl (C=O) groups is 1. The van der Waals surface area contributed by atoms with Crippen LogP contribution in [-0.4, -0.2) is 38.7 Å². The summed E-state index contributed by atoms with van der Waals surface area (Å²) in [5, 5.41) is 9.35. The molecule has 1 aliphatic rings. The highest BCUT2D eigenvalue weighted by atomic mass is 32.2. The van der Waals surface area contributed by atoms with Crippen LogP contribution >= 0.6 is 23.5 Å². The zero-order valence-electron chi connectivity index (χ0n) is 15.3. The summed E-state index contributed by atoms with van der Waals surface area (Å²) in [6, 6.07) is 16.3. The molecule has 0 saturated carbocycles. The molecule has 138 valence electrons. The first-order valence-corrected chi connectivity index (χ1v) is 10.7. The van der Waals surface area contributed by atoms with Crippen molar-refractivity contribution in [3.05, 3.63) is 54.1 Å². The van der Waals surface area contributed by atoms with Crippen LogP contribution in [0.1, 0.15) is 5.56 Å². The van der Waals surface area contributed by atoms with Gasteiger partial charge in [0, 0.05) is 29.8 Å². The standard InChI is InChI=1S/C20H20N4OS2/c1-14-6-5-7-15(12-14)19-21-22-20(23(19)2)27-13-18(25)24-10-11-26-17-9-4-3-8-16(17)24/h3-9,12H,10-11,13H2,1-2H3. The quantitative estimate of drug-likeness (QED) is 0.624. The Bertz CT molecular complexity index is 986. The minimum absolute atomic E-state index is 0.104. The van der Waals surface area contributed by atoms with Crippen LogP contribution in [0.15, 0.2) is 58.6 Å². The number of anilines is 1. The molecule has 0 bridgehead atoms. The molecule has 0 aliphatic carbocycles. The molecule has 0 atom stereocenters. The third-order valence-electron chi connectivity index (χ3n) is 4.47. The van der Waals surface area contributed by atoms with Crippen molar-refractivity contribution in [2.45, 2.75) is 17.0 Å². The number of nitrogens with zero attached hydrogens (tertiary/aromatic N) is 4. The van der Waals surface area contributed by atoms with E-state index in [2.05, 4.69) is 35.3 Å². The number of rotatable bonds is 4. The number of carbonyl (C=O) groups excluding carboxylic acids is 1. The van der Waals surface area contributed by atoms with E-state index >= 15 is 0 Å². The van der Waals surface area contributed by atoms with Crippen molar-refractivity contribution >= 4 is 35.1 Å². The van der Waals surface area contributed by atoms with Crippen LogP contribution in [0.3, 0.4) is 0 Å². The fourth-order valence-corrected chi connectivity index (χ4v) is 4.89. The van der Waals surface area contributed by atoms with Gasteiger partial charge in [-0.05, 0) is 25.1 Å². The average Bonchev–Trinajstić information content (AvgIpc) is 3.06. The maximum Gasteiger partial charge on any atom is 0.237 e. The molecule has 7 heteroatoms. The molecule has 0 unspecified atom stereocenters. The molecule has 1 amide bonds. The van der Waals surface area contributed by atoms with Gasteiger partial charge in [0.1, 0.15) is 0 Å². The molecule has 1 aliphatic heterocycles. The summed E-state index contributed by atoms with van der Waals surface area (Å²) in [6.45, 7) is 2.80. The largest absolute Gasteiger partial charge is 0.310 e. The van der Waals surface area contributed by atoms with E-state index in [0.717, 1.165) is 34.5 Å². The van der Waals surface area contributed by atoms with Gasteiger partial charge in [0.25, 0.3) is 0 Å². The van der Waals surface area contributed by atoms with E-state index in [1.807, 2.05) is 46.8 Å². The van der Waals surface area contributed by atoms with Gasteiger partial charge < -0.3 is 9.47 Å². The first kappa shape index (κ1) is 18.1. The lowest BCUT2D eigenvalue weighted by molar-refractivity contribution is -0.116. The van der Waals surface area contributed by atoms with E-state index in [-0.39, 0.29) is 5.91 Å². The van der Waals surface area contributed by atoms with Crippen molar-refractivity contribution in [1.29, 1.82) is 0 Å². The van der Waals surface area contributed by atoms with Crippen LogP contribution in [-0.2, 0) is 11.8 Å². The number of fused-ring (bicyclic) bond motifs is 1. The monoisotopic (exact) mass is 396 g/mol. The summed E-state index contributed by atoms with van der Waals surface area (Å²) >= 11 is 3.24. The molecule has 0 fully saturated rings. The number of aryl methyl sites for hydroxylation is 1. The highest BCUT2D eigenvalue weighted by Gasteiger charge is 2.23. The van der Waals surface area contributed by atoms with Crippen molar-refractivity contribution < 1.29 is 4.79 Å². The fourth-order valence-electron chi connectivity index (χ4n) is 3.11. The minimum Gasteiger partial charge on any atom is -0.310 e. The van der Waals surface area contributed by atoms with E-state index < -0.39 is 0 Å². The Morgan fingerprint density at radius 2 is 2.04 bits per heavy atom. The van der Waals surface area contributed by atoms with Crippen LogP contribution in [0, 0.1) is 6.92 Å². The molecular formula is C20H20N4OS2. The molecule has 0 saturated heterocycles. The zero-order valence-corrected chi connectivity index (χ0v) is 16.9. The fraction of sp³-hybridized carbons (Fsp3) is 0.250. The number of benzene rings is 2. The number of amides is 1. The third-order valence-corrected chi connectivity index (χ3v) is 6.51. The van der Waals surface area contributed by atoms with Crippen molar-refractivity contribution in [2.75, 3.05) is 23.0 Å². The van der Waals surface area contributed by atoms with Gasteiger partial charge in [-0.15, -0.1) is 22.0 Å². The van der Waals surface area contributed by atoms with Crippen molar-refractivity contribution in [2.24, 2.45) is 7.05 Å². The number of thioether (sulfide) groups is 2. The SMILES string of the molecule is Cc1cccc(-c2nnc(SCC(=O)N3CCSc4ccccc43)n2C)c1. The second-order valence-corrected chi connectivity index (χ2v) is 8.46. The summed E-state index contributed by atoms with van der Waals surface area (Å²) < 4.78 is 1.95. The minimum atomic E-state index is 0.104. The second kappa shape index (κ2) is 7.78. The molecule has 0 spiro atoms. The highest BCUT2D eigenvalue weighted by molar-refractivity contribution is 8.00. The van der Waals surface area contributed by atoms with Crippen LogP contribution < -0.4 is 4.90 Å². The number of aromatic nitrogens is 3. The van der Waals surface area contributed by atoms with E-state index in [4.69, 9.17) is 0 Å². The predicted octanol–water partition coefficient (Wildman–Crippen LogP) is 4.02. The Hall–Kier alpha value is -2.25. The Morgan fingerprint density at radius 1 is 1.19 bits per heavy atom. The first-order chi connectivity index (χ1) is 13.1. The van der Waals surface area contributed by atoms with E-state index in [1.165, 1.54) is 22.2 Å². The van der Waals surface area contributed by atoms with Crippen LogP contribution in [0.2, 0.25) is 0 Å². The predicted molar refractivity (Wildman–Crippen MR) is 111 cm³/mol. The summed E-state index contributed by atoms with van der Waals surface area (Å²) in [7, 11) is 1.94. The number of hydrogen-bond acceptors (Lipinski definition) is 5. The lowest BCUT2D eigenvalue weighted by Crippen LogP contribution is -2.36. The van der Waals surface area contributed by atoms with Crippen LogP contribution in [0.4, 0.5) is 5.69 Å². The van der Waals surface area contributed by atoms with Gasteiger partial charge in [0.2, 0.25) is 5.91 Å². The van der Waals surface area contributed by atoms with E-state index in [0.29, 0.717) is 5.75 Å². The summed E-state index contributed by atoms with van der Waals surface area (Å²) in [5.41, 5.74) is 3.23. The van der Waals surface area contributed by atoms with Gasteiger partial charge in [-0.25, -0.2) is 0 Å². The maximum atomic E-state index is 12.8. The van der Waals surface area contributed by atoms with Gasteiger partial charge in [-0.1, -0.05) is 47.7 Å². The molecule has 4 rings (SSSR count). The molecule has 2 aromatic carbocycles. The molecule has 5 nitrogen and oxygen atoms in total. The Morgan fingerprint density at radius 3 is 2.89 bits per heavy atom. The molecule has 1 aromatic heterocycles. The normalized spacial score (nSPS) is 13.5. The zero-order chi connectivity index (χ0) is 18.8. The van der Waals surface area contributed by atoms with Gasteiger partial charge >= 0.3 is 0 Å². The molecular weight excluding hydrogens is 376 g/mol. The third kappa shape index (κ3) is 3.75. The van der Waals surface area contributed by atoms with Crippen molar-refractivity contribution in [3.63, 3.8) is 0 Å². The Kier molecular flexibility index (Phi) is 5.22. The Labute approximate surface area is 167 Å². The summed E-state index contributed by atoms with van der Waals surface area (Å²) in [4.78, 5) is 15.9. The number of hydrogen-bond donors (Lipinski definition) is 0. The topological polar surface area (TPSA) is 51.0 Å². The van der Waals surface area contributed by atoms with Crippen molar-refractivity contribution in [3.8, 4) is 11.4 Å². The van der Waals surface area contributed by atoms with Gasteiger partial charge in [-0.3, -0.25) is 4.79 Å². The lowest BCUT2D eigenvalue weighted by atomic mass is 10.1. The second-order valence-electron chi connectivity index (χ2n) is 6.38. The Balaban J connectivity index is 1.48. The highest BCUT2D eigenvalue weighted by Crippen LogP contribution is 2.35. The molecule has 2 heterocycles. The van der Waals surface area contributed by atoms with Crippen LogP contribution in [0.25, 0.3) is 11.4 Å². The van der Waals surface area contributed by atoms with E-state index in [9.17, 15) is 4.79 Å².